The van der Waals surface area contributed by atoms with Gasteiger partial charge in [0, 0.05) is 44.3 Å². The van der Waals surface area contributed by atoms with Gasteiger partial charge in [-0.05, 0) is 51.0 Å². The van der Waals surface area contributed by atoms with Crippen molar-refractivity contribution >= 4 is 16.8 Å². The second-order valence-electron chi connectivity index (χ2n) is 8.19. The molecule has 1 aromatic carbocycles. The van der Waals surface area contributed by atoms with Crippen LogP contribution in [0.15, 0.2) is 41.5 Å². The lowest BCUT2D eigenvalue weighted by molar-refractivity contribution is 0.0952. The molecule has 0 saturated carbocycles. The molecule has 3 heterocycles. The van der Waals surface area contributed by atoms with Crippen LogP contribution in [0.3, 0.4) is 0 Å². The molecule has 1 amide bonds. The van der Waals surface area contributed by atoms with Crippen LogP contribution in [-0.4, -0.2) is 24.8 Å². The molecule has 3 aromatic heterocycles. The Morgan fingerprint density at radius 2 is 1.81 bits per heavy atom. The highest BCUT2D eigenvalue weighted by atomic mass is 16.2. The summed E-state index contributed by atoms with van der Waals surface area (Å²) in [5.74, 6) is -0.268. The van der Waals surface area contributed by atoms with E-state index in [2.05, 4.69) is 16.5 Å². The Morgan fingerprint density at radius 1 is 1.06 bits per heavy atom. The lowest BCUT2D eigenvalue weighted by Crippen LogP contribution is -2.25. The SMILES string of the molecule is Cc1cccc(-n2nc(C)c(CNC(=O)c3cn(C)c4c(C)cn(C)c(=O)c34)c2C)c1. The van der Waals surface area contributed by atoms with Crippen LogP contribution >= 0.6 is 0 Å². The molecule has 7 nitrogen and oxygen atoms in total. The number of aryl methyl sites for hydroxylation is 5. The van der Waals surface area contributed by atoms with Crippen molar-refractivity contribution in [1.29, 1.82) is 0 Å². The number of carbonyl (C=O) groups excluding carboxylic acids is 1. The molecule has 0 saturated heterocycles. The Kier molecular flexibility index (Phi) is 5.05. The highest BCUT2D eigenvalue weighted by Gasteiger charge is 2.20. The number of rotatable bonds is 4. The number of hydrogen-bond acceptors (Lipinski definition) is 3. The van der Waals surface area contributed by atoms with Crippen LogP contribution < -0.4 is 10.9 Å². The number of aromatic nitrogens is 4. The molecular formula is C24H27N5O2. The Morgan fingerprint density at radius 3 is 2.52 bits per heavy atom. The van der Waals surface area contributed by atoms with Gasteiger partial charge >= 0.3 is 0 Å². The monoisotopic (exact) mass is 417 g/mol. The molecule has 0 atom stereocenters. The largest absolute Gasteiger partial charge is 0.349 e. The fourth-order valence-electron chi connectivity index (χ4n) is 4.28. The van der Waals surface area contributed by atoms with Crippen LogP contribution in [0.5, 0.6) is 0 Å². The molecule has 0 aliphatic heterocycles. The van der Waals surface area contributed by atoms with Crippen LogP contribution in [0.1, 0.15) is 38.4 Å². The average molecular weight is 418 g/mol. The van der Waals surface area contributed by atoms with E-state index >= 15 is 0 Å². The van der Waals surface area contributed by atoms with Crippen LogP contribution in [-0.2, 0) is 20.6 Å². The van der Waals surface area contributed by atoms with Gasteiger partial charge < -0.3 is 14.5 Å². The van der Waals surface area contributed by atoms with Gasteiger partial charge in [-0.25, -0.2) is 4.68 Å². The van der Waals surface area contributed by atoms with E-state index in [0.29, 0.717) is 17.5 Å². The zero-order chi connectivity index (χ0) is 22.4. The van der Waals surface area contributed by atoms with Gasteiger partial charge in [0.15, 0.2) is 0 Å². The molecule has 4 rings (SSSR count). The summed E-state index contributed by atoms with van der Waals surface area (Å²) in [6.45, 7) is 8.27. The van der Waals surface area contributed by atoms with Gasteiger partial charge in [-0.15, -0.1) is 0 Å². The van der Waals surface area contributed by atoms with Crippen molar-refractivity contribution in [2.75, 3.05) is 0 Å². The van der Waals surface area contributed by atoms with Crippen LogP contribution in [0, 0.1) is 27.7 Å². The van der Waals surface area contributed by atoms with Crippen LogP contribution in [0.25, 0.3) is 16.6 Å². The number of fused-ring (bicyclic) bond motifs is 1. The molecule has 0 unspecified atom stereocenters. The van der Waals surface area contributed by atoms with Crippen molar-refractivity contribution in [3.63, 3.8) is 0 Å². The first kappa shape index (κ1) is 20.7. The molecular weight excluding hydrogens is 390 g/mol. The fraction of sp³-hybridized carbons (Fsp3) is 0.292. The van der Waals surface area contributed by atoms with E-state index in [4.69, 9.17) is 0 Å². The summed E-state index contributed by atoms with van der Waals surface area (Å²) in [7, 11) is 3.56. The van der Waals surface area contributed by atoms with E-state index in [9.17, 15) is 9.59 Å². The maximum Gasteiger partial charge on any atom is 0.260 e. The predicted molar refractivity (Wildman–Crippen MR) is 122 cm³/mol. The van der Waals surface area contributed by atoms with Crippen molar-refractivity contribution in [3.8, 4) is 5.69 Å². The Bertz CT molecular complexity index is 1390. The van der Waals surface area contributed by atoms with Crippen LogP contribution in [0.4, 0.5) is 0 Å². The molecule has 31 heavy (non-hydrogen) atoms. The summed E-state index contributed by atoms with van der Waals surface area (Å²) in [4.78, 5) is 25.8. The first-order chi connectivity index (χ1) is 14.7. The number of carbonyl (C=O) groups is 1. The number of amides is 1. The summed E-state index contributed by atoms with van der Waals surface area (Å²) in [5, 5.41) is 8.11. The van der Waals surface area contributed by atoms with E-state index in [1.807, 2.05) is 62.2 Å². The lowest BCUT2D eigenvalue weighted by Gasteiger charge is -2.08. The molecule has 0 aliphatic rings. The molecule has 0 aliphatic carbocycles. The summed E-state index contributed by atoms with van der Waals surface area (Å²) in [6.07, 6.45) is 3.52. The van der Waals surface area contributed by atoms with E-state index < -0.39 is 0 Å². The Balaban J connectivity index is 1.66. The molecule has 7 heteroatoms. The van der Waals surface area contributed by atoms with Gasteiger partial charge in [-0.1, -0.05) is 12.1 Å². The number of pyridine rings is 1. The number of nitrogens with one attached hydrogen (secondary N) is 1. The number of nitrogens with zero attached hydrogens (tertiary/aromatic N) is 4. The van der Waals surface area contributed by atoms with Crippen molar-refractivity contribution in [2.45, 2.75) is 34.2 Å². The second kappa shape index (κ2) is 7.58. The van der Waals surface area contributed by atoms with Crippen molar-refractivity contribution in [3.05, 3.63) is 80.7 Å². The molecule has 0 fully saturated rings. The highest BCUT2D eigenvalue weighted by molar-refractivity contribution is 6.07. The third-order valence-electron chi connectivity index (χ3n) is 5.83. The number of benzene rings is 1. The molecule has 0 spiro atoms. The van der Waals surface area contributed by atoms with Gasteiger partial charge in [0.05, 0.1) is 27.8 Å². The lowest BCUT2D eigenvalue weighted by atomic mass is 10.1. The fourth-order valence-corrected chi connectivity index (χ4v) is 4.28. The third kappa shape index (κ3) is 3.46. The maximum absolute atomic E-state index is 13.1. The van der Waals surface area contributed by atoms with Gasteiger partial charge in [0.2, 0.25) is 0 Å². The Hall–Kier alpha value is -3.61. The van der Waals surface area contributed by atoms with Gasteiger partial charge in [0.1, 0.15) is 0 Å². The van der Waals surface area contributed by atoms with Crippen molar-refractivity contribution in [2.24, 2.45) is 14.1 Å². The summed E-state index contributed by atoms with van der Waals surface area (Å²) in [6, 6.07) is 8.15. The minimum Gasteiger partial charge on any atom is -0.349 e. The molecule has 1 N–H and O–H groups in total. The van der Waals surface area contributed by atoms with E-state index in [1.165, 1.54) is 4.57 Å². The number of hydrogen-bond donors (Lipinski definition) is 1. The standard InChI is InChI=1S/C24H27N5O2/c1-14-8-7-9-18(10-14)29-17(4)19(16(3)26-29)11-25-23(30)20-13-27(5)22-15(2)12-28(6)24(31)21(20)22/h7-10,12-13H,11H2,1-6H3,(H,25,30). The smallest absolute Gasteiger partial charge is 0.260 e. The van der Waals surface area contributed by atoms with Crippen LogP contribution in [0.2, 0.25) is 0 Å². The first-order valence-corrected chi connectivity index (χ1v) is 10.2. The zero-order valence-corrected chi connectivity index (χ0v) is 18.8. The van der Waals surface area contributed by atoms with E-state index in [-0.39, 0.29) is 11.5 Å². The minimum atomic E-state index is -0.268. The molecule has 0 bridgehead atoms. The minimum absolute atomic E-state index is 0.175. The normalized spacial score (nSPS) is 11.3. The van der Waals surface area contributed by atoms with Gasteiger partial charge in [0.25, 0.3) is 11.5 Å². The van der Waals surface area contributed by atoms with Gasteiger partial charge in [-0.2, -0.15) is 5.10 Å². The molecule has 160 valence electrons. The molecule has 0 radical (unpaired) electrons. The molecule has 4 aromatic rings. The highest BCUT2D eigenvalue weighted by Crippen LogP contribution is 2.22. The third-order valence-corrected chi connectivity index (χ3v) is 5.83. The summed E-state index contributed by atoms with van der Waals surface area (Å²) >= 11 is 0. The summed E-state index contributed by atoms with van der Waals surface area (Å²) < 4.78 is 5.27. The predicted octanol–water partition coefficient (Wildman–Crippen LogP) is 3.23. The maximum atomic E-state index is 13.1. The topological polar surface area (TPSA) is 73.8 Å². The van der Waals surface area contributed by atoms with Crippen molar-refractivity contribution in [1.82, 2.24) is 24.2 Å². The van der Waals surface area contributed by atoms with Crippen molar-refractivity contribution < 1.29 is 4.79 Å². The summed E-state index contributed by atoms with van der Waals surface area (Å²) in [5.41, 5.74) is 6.92. The second-order valence-corrected chi connectivity index (χ2v) is 8.19. The van der Waals surface area contributed by atoms with E-state index in [0.717, 1.165) is 39.3 Å². The van der Waals surface area contributed by atoms with Gasteiger partial charge in [-0.3, -0.25) is 9.59 Å². The van der Waals surface area contributed by atoms with E-state index in [1.54, 1.807) is 19.4 Å². The first-order valence-electron chi connectivity index (χ1n) is 10.2. The average Bonchev–Trinajstić information content (AvgIpc) is 3.21. The quantitative estimate of drug-likeness (QED) is 0.554. The zero-order valence-electron chi connectivity index (χ0n) is 18.8. The Labute approximate surface area is 180 Å².